The summed E-state index contributed by atoms with van der Waals surface area (Å²) in [5, 5.41) is 15.4. The van der Waals surface area contributed by atoms with E-state index in [2.05, 4.69) is 12.2 Å². The van der Waals surface area contributed by atoms with E-state index in [1.54, 1.807) is 0 Å². The predicted octanol–water partition coefficient (Wildman–Crippen LogP) is 5.23. The third-order valence-electron chi connectivity index (χ3n) is 8.30. The van der Waals surface area contributed by atoms with Crippen LogP contribution in [-0.4, -0.2) is 76.2 Å². The van der Waals surface area contributed by atoms with Crippen molar-refractivity contribution < 1.29 is 27.9 Å². The number of thiophene rings is 1. The average Bonchev–Trinajstić information content (AvgIpc) is 3.51. The lowest BCUT2D eigenvalue weighted by molar-refractivity contribution is -0.211. The Morgan fingerprint density at radius 1 is 1.07 bits per heavy atom. The molecule has 5 rings (SSSR count). The molecule has 3 heterocycles. The summed E-state index contributed by atoms with van der Waals surface area (Å²) >= 11 is 1.53. The fraction of sp³-hybridized carbons (Fsp3) is 0.500. The van der Waals surface area contributed by atoms with Gasteiger partial charge >= 0.3 is 6.18 Å². The molecule has 2 aliphatic rings. The number of alkyl halides is 3. The zero-order valence-corrected chi connectivity index (χ0v) is 23.8. The number of pyridine rings is 1. The molecular formula is C30H35F3N4O3S. The number of amides is 2. The van der Waals surface area contributed by atoms with Crippen molar-refractivity contribution in [2.24, 2.45) is 5.92 Å². The molecule has 1 aromatic carbocycles. The fourth-order valence-electron chi connectivity index (χ4n) is 5.98. The van der Waals surface area contributed by atoms with Crippen molar-refractivity contribution in [1.82, 2.24) is 20.1 Å². The number of carbonyl (C=O) groups is 2. The summed E-state index contributed by atoms with van der Waals surface area (Å²) in [5.41, 5.74) is 2.74. The Morgan fingerprint density at radius 3 is 2.44 bits per heavy atom. The predicted molar refractivity (Wildman–Crippen MR) is 152 cm³/mol. The molecular weight excluding hydrogens is 553 g/mol. The maximum Gasteiger partial charge on any atom is 0.423 e. The van der Waals surface area contributed by atoms with E-state index in [-0.39, 0.29) is 25.0 Å². The molecule has 1 aliphatic carbocycles. The maximum absolute atomic E-state index is 14.1. The number of fused-ring (bicyclic) bond motifs is 1. The smallest absolute Gasteiger partial charge is 0.376 e. The van der Waals surface area contributed by atoms with E-state index in [0.717, 1.165) is 33.6 Å². The minimum atomic E-state index is -5.00. The third kappa shape index (κ3) is 6.57. The van der Waals surface area contributed by atoms with E-state index in [0.29, 0.717) is 42.3 Å². The van der Waals surface area contributed by atoms with Crippen molar-refractivity contribution in [1.29, 1.82) is 0 Å². The fourth-order valence-corrected chi connectivity index (χ4v) is 6.72. The van der Waals surface area contributed by atoms with E-state index in [1.807, 2.05) is 46.7 Å². The molecule has 0 radical (unpaired) electrons. The quantitative estimate of drug-likeness (QED) is 0.395. The molecule has 1 aliphatic heterocycles. The lowest BCUT2D eigenvalue weighted by atomic mass is 9.84. The van der Waals surface area contributed by atoms with Gasteiger partial charge < -0.3 is 15.3 Å². The molecule has 7 nitrogen and oxygen atoms in total. The van der Waals surface area contributed by atoms with Crippen LogP contribution in [0.2, 0.25) is 0 Å². The summed E-state index contributed by atoms with van der Waals surface area (Å²) < 4.78 is 38.7. The largest absolute Gasteiger partial charge is 0.423 e. The van der Waals surface area contributed by atoms with Crippen molar-refractivity contribution in [3.8, 4) is 10.6 Å². The summed E-state index contributed by atoms with van der Waals surface area (Å²) in [5.74, 6) is -1.06. The second kappa shape index (κ2) is 12.5. The number of carbonyl (C=O) groups excluding carboxylic acids is 2. The van der Waals surface area contributed by atoms with Crippen LogP contribution in [-0.2, 0) is 11.3 Å². The van der Waals surface area contributed by atoms with Gasteiger partial charge in [0.15, 0.2) is 0 Å². The molecule has 2 atom stereocenters. The Balaban J connectivity index is 1.45. The molecule has 2 aromatic heterocycles. The Labute approximate surface area is 241 Å². The van der Waals surface area contributed by atoms with Gasteiger partial charge in [0.1, 0.15) is 0 Å². The number of rotatable bonds is 7. The molecule has 2 fully saturated rings. The third-order valence-corrected chi connectivity index (χ3v) is 9.18. The van der Waals surface area contributed by atoms with Crippen LogP contribution < -0.4 is 5.32 Å². The van der Waals surface area contributed by atoms with Crippen LogP contribution in [0, 0.1) is 5.92 Å². The van der Waals surface area contributed by atoms with Crippen LogP contribution in [0.15, 0.2) is 41.8 Å². The molecule has 220 valence electrons. The number of nitrogens with one attached hydrogen (secondary N) is 1. The highest BCUT2D eigenvalue weighted by molar-refractivity contribution is 7.13. The Hall–Kier alpha value is -3.02. The van der Waals surface area contributed by atoms with Crippen molar-refractivity contribution >= 4 is 34.1 Å². The summed E-state index contributed by atoms with van der Waals surface area (Å²) in [7, 11) is 0. The van der Waals surface area contributed by atoms with E-state index < -0.39 is 18.2 Å². The first kappa shape index (κ1) is 29.5. The zero-order valence-electron chi connectivity index (χ0n) is 23.0. The average molecular weight is 589 g/mol. The summed E-state index contributed by atoms with van der Waals surface area (Å²) in [6.45, 7) is 3.10. The second-order valence-corrected chi connectivity index (χ2v) is 12.0. The first-order valence-corrected chi connectivity index (χ1v) is 15.0. The molecule has 1 saturated carbocycles. The number of aromatic nitrogens is 1. The molecule has 3 aromatic rings. The van der Waals surface area contributed by atoms with Gasteiger partial charge in [-0.15, -0.1) is 11.3 Å². The van der Waals surface area contributed by atoms with Crippen molar-refractivity contribution in [3.05, 3.63) is 52.9 Å². The molecule has 2 N–H and O–H groups in total. The monoisotopic (exact) mass is 588 g/mol. The van der Waals surface area contributed by atoms with Gasteiger partial charge in [-0.1, -0.05) is 43.5 Å². The van der Waals surface area contributed by atoms with Crippen molar-refractivity contribution in [2.75, 3.05) is 26.2 Å². The lowest BCUT2D eigenvalue weighted by Crippen LogP contribution is -2.54. The minimum absolute atomic E-state index is 0.0161. The van der Waals surface area contributed by atoms with Crippen LogP contribution in [0.25, 0.3) is 21.5 Å². The number of hydrogen-bond acceptors (Lipinski definition) is 6. The van der Waals surface area contributed by atoms with Gasteiger partial charge in [0.05, 0.1) is 21.7 Å². The lowest BCUT2D eigenvalue weighted by Gasteiger charge is -2.36. The highest BCUT2D eigenvalue weighted by Gasteiger charge is 2.45. The van der Waals surface area contributed by atoms with E-state index in [1.165, 1.54) is 30.6 Å². The van der Waals surface area contributed by atoms with Crippen LogP contribution in [0.5, 0.6) is 0 Å². The van der Waals surface area contributed by atoms with Crippen LogP contribution in [0.4, 0.5) is 13.2 Å². The maximum atomic E-state index is 14.1. The van der Waals surface area contributed by atoms with Crippen molar-refractivity contribution in [3.63, 3.8) is 0 Å². The number of nitrogens with zero attached hydrogens (tertiary/aromatic N) is 3. The van der Waals surface area contributed by atoms with Gasteiger partial charge in [0.2, 0.25) is 6.10 Å². The highest BCUT2D eigenvalue weighted by Crippen LogP contribution is 2.35. The van der Waals surface area contributed by atoms with Gasteiger partial charge in [-0.25, -0.2) is 4.98 Å². The number of aliphatic hydroxyl groups excluding tert-OH is 1. The Kier molecular flexibility index (Phi) is 8.96. The topological polar surface area (TPSA) is 85.8 Å². The Bertz CT molecular complexity index is 1370. The van der Waals surface area contributed by atoms with E-state index in [9.17, 15) is 27.9 Å². The van der Waals surface area contributed by atoms with Crippen molar-refractivity contribution in [2.45, 2.75) is 63.9 Å². The van der Waals surface area contributed by atoms with Gasteiger partial charge in [-0.05, 0) is 43.2 Å². The number of para-hydroxylation sites is 1. The van der Waals surface area contributed by atoms with E-state index >= 15 is 0 Å². The van der Waals surface area contributed by atoms with Gasteiger partial charge in [-0.3, -0.25) is 14.5 Å². The van der Waals surface area contributed by atoms with Gasteiger partial charge in [-0.2, -0.15) is 13.2 Å². The zero-order chi connectivity index (χ0) is 29.1. The van der Waals surface area contributed by atoms with Crippen LogP contribution in [0.1, 0.15) is 54.9 Å². The highest BCUT2D eigenvalue weighted by atomic mass is 32.1. The number of halogens is 3. The minimum Gasteiger partial charge on any atom is -0.376 e. The van der Waals surface area contributed by atoms with Crippen LogP contribution in [0.3, 0.4) is 0 Å². The summed E-state index contributed by atoms with van der Waals surface area (Å²) in [6.07, 6.45) is -2.26. The number of benzene rings is 1. The number of aliphatic hydroxyl groups is 1. The summed E-state index contributed by atoms with van der Waals surface area (Å²) in [4.78, 5) is 35.2. The standard InChI is InChI=1S/C30H35F3N4O3S/c1-19(20-8-3-2-4-9-20)34-28(39)25-21-10-5-6-11-23(21)35-26(24-12-7-17-41-24)22(25)18-36-13-15-37(16-14-36)29(40)27(38)30(31,32)33/h5-7,10-12,17,19-20,27,38H,2-4,8-9,13-16,18H2,1H3,(H,34,39)/t19-,27?/m0/s1. The molecule has 2 amide bonds. The molecule has 0 spiro atoms. The summed E-state index contributed by atoms with van der Waals surface area (Å²) in [6, 6.07) is 11.5. The van der Waals surface area contributed by atoms with Crippen LogP contribution >= 0.6 is 11.3 Å². The normalized spacial score (nSPS) is 18.8. The first-order chi connectivity index (χ1) is 19.6. The molecule has 1 unspecified atom stereocenters. The van der Waals surface area contributed by atoms with Gasteiger partial charge in [0, 0.05) is 49.7 Å². The number of piperazine rings is 1. The first-order valence-electron chi connectivity index (χ1n) is 14.2. The van der Waals surface area contributed by atoms with Gasteiger partial charge in [0.25, 0.3) is 11.8 Å². The molecule has 0 bridgehead atoms. The Morgan fingerprint density at radius 2 is 1.78 bits per heavy atom. The second-order valence-electron chi connectivity index (χ2n) is 11.0. The molecule has 41 heavy (non-hydrogen) atoms. The SMILES string of the molecule is C[C@H](NC(=O)c1c(CN2CCN(C(=O)C(O)C(F)(F)F)CC2)c(-c2cccs2)nc2ccccc12)C1CCCCC1. The molecule has 1 saturated heterocycles. The number of hydrogen-bond donors (Lipinski definition) is 2. The van der Waals surface area contributed by atoms with E-state index in [4.69, 9.17) is 4.98 Å². The molecule has 11 heteroatoms.